The number of hydrogen-bond donors (Lipinski definition) is 3. The number of fused-ring (bicyclic) bond motifs is 1. The lowest BCUT2D eigenvalue weighted by Gasteiger charge is -2.27. The summed E-state index contributed by atoms with van der Waals surface area (Å²) in [7, 11) is 0. The summed E-state index contributed by atoms with van der Waals surface area (Å²) in [6.07, 6.45) is 3.70. The van der Waals surface area contributed by atoms with E-state index in [1.54, 1.807) is 43.5 Å². The third-order valence-corrected chi connectivity index (χ3v) is 6.04. The maximum absolute atomic E-state index is 11.4. The highest BCUT2D eigenvalue weighted by atomic mass is 35.5. The van der Waals surface area contributed by atoms with E-state index < -0.39 is 12.1 Å². The highest BCUT2D eigenvalue weighted by Gasteiger charge is 2.20. The standard InChI is InChI=1S/C25H25ClN2O4.ClH/c1-15-2-7-21(12-22(15)25(30)31)32-20-8-4-16-3-6-19(10-18(16)11-20)27-14-23(29)17-5-9-24(26)28-13-17;/h2,4-5,7-9,11-13,19,23,27,29H,3,6,10,14H2,1H3,(H,30,31);1H/t19-,23-;/m0./s1. The number of carboxylic acid groups (broad SMARTS) is 1. The van der Waals surface area contributed by atoms with Gasteiger partial charge in [0.05, 0.1) is 11.7 Å². The number of nitrogens with one attached hydrogen (secondary N) is 1. The van der Waals surface area contributed by atoms with Crippen LogP contribution in [-0.4, -0.2) is 33.8 Å². The van der Waals surface area contributed by atoms with Crippen LogP contribution in [0.15, 0.2) is 54.7 Å². The largest absolute Gasteiger partial charge is 0.478 e. The summed E-state index contributed by atoms with van der Waals surface area (Å²) < 4.78 is 5.95. The van der Waals surface area contributed by atoms with Gasteiger partial charge in [-0.15, -0.1) is 12.4 Å². The molecule has 8 heteroatoms. The van der Waals surface area contributed by atoms with Gasteiger partial charge in [-0.2, -0.15) is 0 Å². The van der Waals surface area contributed by atoms with Crippen LogP contribution in [0, 0.1) is 6.92 Å². The zero-order chi connectivity index (χ0) is 22.7. The van der Waals surface area contributed by atoms with Gasteiger partial charge in [0.2, 0.25) is 0 Å². The molecule has 1 aliphatic rings. The van der Waals surface area contributed by atoms with Crippen molar-refractivity contribution in [2.75, 3.05) is 6.54 Å². The fourth-order valence-electron chi connectivity index (χ4n) is 3.98. The van der Waals surface area contributed by atoms with E-state index in [2.05, 4.69) is 16.4 Å². The van der Waals surface area contributed by atoms with Gasteiger partial charge >= 0.3 is 5.97 Å². The number of carbonyl (C=O) groups is 1. The molecule has 0 spiro atoms. The fourth-order valence-corrected chi connectivity index (χ4v) is 4.09. The van der Waals surface area contributed by atoms with E-state index in [1.807, 2.05) is 12.1 Å². The molecule has 0 aliphatic heterocycles. The molecule has 2 atom stereocenters. The summed E-state index contributed by atoms with van der Waals surface area (Å²) in [6.45, 7) is 2.19. The predicted molar refractivity (Wildman–Crippen MR) is 130 cm³/mol. The Morgan fingerprint density at radius 2 is 1.94 bits per heavy atom. The van der Waals surface area contributed by atoms with Crippen LogP contribution < -0.4 is 10.1 Å². The van der Waals surface area contributed by atoms with Crippen LogP contribution in [0.4, 0.5) is 0 Å². The smallest absolute Gasteiger partial charge is 0.336 e. The number of halogens is 2. The molecule has 174 valence electrons. The second-order valence-corrected chi connectivity index (χ2v) is 8.48. The maximum atomic E-state index is 11.4. The summed E-state index contributed by atoms with van der Waals surface area (Å²) in [6, 6.07) is 14.8. The number of aliphatic hydroxyl groups excluding tert-OH is 1. The van der Waals surface area contributed by atoms with Crippen LogP contribution >= 0.6 is 24.0 Å². The molecule has 0 fully saturated rings. The molecule has 1 aliphatic carbocycles. The van der Waals surface area contributed by atoms with E-state index in [9.17, 15) is 15.0 Å². The third-order valence-electron chi connectivity index (χ3n) is 5.82. The minimum Gasteiger partial charge on any atom is -0.478 e. The fraction of sp³-hybridized carbons (Fsp3) is 0.280. The molecule has 0 amide bonds. The summed E-state index contributed by atoms with van der Waals surface area (Å²) in [5.74, 6) is 0.207. The first-order chi connectivity index (χ1) is 15.4. The van der Waals surface area contributed by atoms with Crippen LogP contribution in [-0.2, 0) is 12.8 Å². The summed E-state index contributed by atoms with van der Waals surface area (Å²) >= 11 is 5.81. The lowest BCUT2D eigenvalue weighted by atomic mass is 9.88. The number of aromatic carboxylic acids is 1. The number of aromatic nitrogens is 1. The number of rotatable bonds is 7. The molecular formula is C25H26Cl2N2O4. The Morgan fingerprint density at radius 1 is 1.18 bits per heavy atom. The van der Waals surface area contributed by atoms with E-state index in [0.717, 1.165) is 24.8 Å². The highest BCUT2D eigenvalue weighted by Crippen LogP contribution is 2.30. The van der Waals surface area contributed by atoms with Crippen LogP contribution in [0.5, 0.6) is 11.5 Å². The number of aliphatic hydroxyl groups is 1. The van der Waals surface area contributed by atoms with Crippen molar-refractivity contribution in [2.24, 2.45) is 0 Å². The molecule has 0 saturated carbocycles. The second-order valence-electron chi connectivity index (χ2n) is 8.09. The topological polar surface area (TPSA) is 91.7 Å². The first-order valence-corrected chi connectivity index (χ1v) is 10.9. The average molecular weight is 489 g/mol. The molecule has 0 bridgehead atoms. The predicted octanol–water partition coefficient (Wildman–Crippen LogP) is 5.14. The zero-order valence-corrected chi connectivity index (χ0v) is 19.7. The van der Waals surface area contributed by atoms with Crippen LogP contribution in [0.1, 0.15) is 45.1 Å². The van der Waals surface area contributed by atoms with Gasteiger partial charge in [-0.05, 0) is 73.2 Å². The van der Waals surface area contributed by atoms with Crippen molar-refractivity contribution < 1.29 is 19.7 Å². The first-order valence-electron chi connectivity index (χ1n) is 10.6. The quantitative estimate of drug-likeness (QED) is 0.399. The molecule has 0 saturated heterocycles. The van der Waals surface area contributed by atoms with Gasteiger partial charge in [0, 0.05) is 24.3 Å². The van der Waals surface area contributed by atoms with Crippen LogP contribution in [0.25, 0.3) is 0 Å². The van der Waals surface area contributed by atoms with Crippen molar-refractivity contribution in [1.29, 1.82) is 0 Å². The minimum absolute atomic E-state index is 0. The van der Waals surface area contributed by atoms with Crippen molar-refractivity contribution in [3.8, 4) is 11.5 Å². The molecule has 1 aromatic heterocycles. The number of hydrogen-bond acceptors (Lipinski definition) is 5. The number of carboxylic acids is 1. The summed E-state index contributed by atoms with van der Waals surface area (Å²) in [4.78, 5) is 15.4. The van der Waals surface area contributed by atoms with Crippen molar-refractivity contribution in [3.63, 3.8) is 0 Å². The number of nitrogens with zero attached hydrogens (tertiary/aromatic N) is 1. The van der Waals surface area contributed by atoms with Gasteiger partial charge in [0.15, 0.2) is 0 Å². The number of pyridine rings is 1. The van der Waals surface area contributed by atoms with Crippen molar-refractivity contribution in [2.45, 2.75) is 38.3 Å². The van der Waals surface area contributed by atoms with Crippen molar-refractivity contribution in [1.82, 2.24) is 10.3 Å². The van der Waals surface area contributed by atoms with Crippen molar-refractivity contribution >= 4 is 30.0 Å². The van der Waals surface area contributed by atoms with Gasteiger partial charge in [0.25, 0.3) is 0 Å². The Labute approximate surface area is 204 Å². The molecule has 1 heterocycles. The normalized spacial score (nSPS) is 15.8. The molecule has 3 N–H and O–H groups in total. The highest BCUT2D eigenvalue weighted by molar-refractivity contribution is 6.29. The van der Waals surface area contributed by atoms with E-state index in [-0.39, 0.29) is 24.0 Å². The van der Waals surface area contributed by atoms with E-state index >= 15 is 0 Å². The van der Waals surface area contributed by atoms with Crippen molar-refractivity contribution in [3.05, 3.63) is 87.7 Å². The number of aryl methyl sites for hydroxylation is 2. The number of ether oxygens (including phenoxy) is 1. The SMILES string of the molecule is Cc1ccc(Oc2ccc3c(c2)C[C@@H](NC[C@H](O)c2ccc(Cl)nc2)CC3)cc1C(=O)O.Cl. The Bertz CT molecular complexity index is 1120. The van der Waals surface area contributed by atoms with Crippen LogP contribution in [0.3, 0.4) is 0 Å². The zero-order valence-electron chi connectivity index (χ0n) is 18.1. The van der Waals surface area contributed by atoms with E-state index in [4.69, 9.17) is 16.3 Å². The Morgan fingerprint density at radius 3 is 2.67 bits per heavy atom. The molecule has 4 rings (SSSR count). The van der Waals surface area contributed by atoms with Gasteiger partial charge in [-0.1, -0.05) is 29.8 Å². The van der Waals surface area contributed by atoms with E-state index in [1.165, 1.54) is 11.1 Å². The molecule has 2 aromatic carbocycles. The Balaban J connectivity index is 0.00000306. The maximum Gasteiger partial charge on any atom is 0.336 e. The lowest BCUT2D eigenvalue weighted by molar-refractivity contribution is 0.0695. The molecule has 33 heavy (non-hydrogen) atoms. The number of benzene rings is 2. The Hall–Kier alpha value is -2.64. The first kappa shape index (κ1) is 25.0. The third kappa shape index (κ3) is 6.24. The van der Waals surface area contributed by atoms with Crippen LogP contribution in [0.2, 0.25) is 5.15 Å². The molecule has 3 aromatic rings. The van der Waals surface area contributed by atoms with E-state index in [0.29, 0.717) is 28.8 Å². The molecular weight excluding hydrogens is 463 g/mol. The van der Waals surface area contributed by atoms with Gasteiger partial charge in [-0.3, -0.25) is 0 Å². The van der Waals surface area contributed by atoms with Gasteiger partial charge in [0.1, 0.15) is 16.7 Å². The molecule has 0 radical (unpaired) electrons. The lowest BCUT2D eigenvalue weighted by Crippen LogP contribution is -2.37. The molecule has 0 unspecified atom stereocenters. The minimum atomic E-state index is -0.969. The Kier molecular flexibility index (Phi) is 8.32. The van der Waals surface area contributed by atoms with Gasteiger partial charge in [-0.25, -0.2) is 9.78 Å². The molecule has 6 nitrogen and oxygen atoms in total. The summed E-state index contributed by atoms with van der Waals surface area (Å²) in [5.41, 5.74) is 4.14. The summed E-state index contributed by atoms with van der Waals surface area (Å²) in [5, 5.41) is 23.6. The monoisotopic (exact) mass is 488 g/mol. The average Bonchev–Trinajstić information content (AvgIpc) is 2.78. The van der Waals surface area contributed by atoms with Gasteiger partial charge < -0.3 is 20.3 Å². The second kappa shape index (κ2) is 11.0.